The van der Waals surface area contributed by atoms with Gasteiger partial charge in [0.1, 0.15) is 5.82 Å². The monoisotopic (exact) mass is 346 g/mol. The molecule has 3 aromatic rings. The molecule has 0 radical (unpaired) electrons. The van der Waals surface area contributed by atoms with Gasteiger partial charge in [-0.3, -0.25) is 0 Å². The van der Waals surface area contributed by atoms with Crippen molar-refractivity contribution in [1.82, 2.24) is 9.97 Å². The van der Waals surface area contributed by atoms with E-state index in [4.69, 9.17) is 4.98 Å². The second-order valence-corrected chi connectivity index (χ2v) is 6.56. The number of aromatic nitrogens is 2. The highest BCUT2D eigenvalue weighted by Crippen LogP contribution is 2.24. The molecule has 0 saturated carbocycles. The number of anilines is 2. The fraction of sp³-hybridized carbons (Fsp3) is 0.273. The molecule has 0 aliphatic carbocycles. The van der Waals surface area contributed by atoms with Crippen molar-refractivity contribution in [3.63, 3.8) is 0 Å². The molecule has 2 unspecified atom stereocenters. The number of nitrogens with one attached hydrogen (secondary N) is 2. The zero-order valence-corrected chi connectivity index (χ0v) is 15.6. The van der Waals surface area contributed by atoms with Crippen LogP contribution in [0.25, 0.3) is 11.3 Å². The van der Waals surface area contributed by atoms with Gasteiger partial charge in [0.15, 0.2) is 0 Å². The molecular formula is C22H26N4. The Balaban J connectivity index is 1.91. The Hall–Kier alpha value is -2.88. The minimum Gasteiger partial charge on any atom is -0.367 e. The van der Waals surface area contributed by atoms with Gasteiger partial charge in [0, 0.05) is 17.7 Å². The molecule has 2 aromatic carbocycles. The second kappa shape index (κ2) is 8.48. The summed E-state index contributed by atoms with van der Waals surface area (Å²) in [4.78, 5) is 9.42. The number of hydrogen-bond acceptors (Lipinski definition) is 4. The Bertz CT molecular complexity index is 818. The zero-order chi connectivity index (χ0) is 18.4. The van der Waals surface area contributed by atoms with Gasteiger partial charge in [0.05, 0.1) is 11.7 Å². The van der Waals surface area contributed by atoms with E-state index < -0.39 is 0 Å². The van der Waals surface area contributed by atoms with E-state index in [-0.39, 0.29) is 6.04 Å². The topological polar surface area (TPSA) is 49.8 Å². The second-order valence-electron chi connectivity index (χ2n) is 6.56. The third-order valence-electron chi connectivity index (χ3n) is 4.45. The van der Waals surface area contributed by atoms with Crippen LogP contribution in [0.5, 0.6) is 0 Å². The number of nitrogens with zero attached hydrogens (tertiary/aromatic N) is 2. The van der Waals surface area contributed by atoms with Gasteiger partial charge in [-0.1, -0.05) is 67.6 Å². The van der Waals surface area contributed by atoms with E-state index in [1.165, 1.54) is 5.56 Å². The van der Waals surface area contributed by atoms with E-state index in [9.17, 15) is 0 Å². The standard InChI is InChI=1S/C22H26N4/c1-4-16(2)23-21-15-20(19-13-9-6-10-14-19)25-22(26-21)24-17(3)18-11-7-5-8-12-18/h5-17H,4H2,1-3H3,(H2,23,24,25,26). The highest BCUT2D eigenvalue weighted by atomic mass is 15.2. The molecule has 0 aliphatic heterocycles. The molecule has 2 N–H and O–H groups in total. The van der Waals surface area contributed by atoms with Crippen LogP contribution in [0.3, 0.4) is 0 Å². The number of benzene rings is 2. The lowest BCUT2D eigenvalue weighted by molar-refractivity contribution is 0.757. The van der Waals surface area contributed by atoms with Gasteiger partial charge in [0.25, 0.3) is 0 Å². The molecule has 4 nitrogen and oxygen atoms in total. The smallest absolute Gasteiger partial charge is 0.225 e. The molecule has 134 valence electrons. The molecule has 4 heteroatoms. The van der Waals surface area contributed by atoms with Crippen molar-refractivity contribution in [2.45, 2.75) is 39.3 Å². The fourth-order valence-corrected chi connectivity index (χ4v) is 2.72. The van der Waals surface area contributed by atoms with Gasteiger partial charge < -0.3 is 10.6 Å². The predicted octanol–water partition coefficient (Wildman–Crippen LogP) is 5.53. The van der Waals surface area contributed by atoms with Gasteiger partial charge in [0.2, 0.25) is 5.95 Å². The molecule has 0 saturated heterocycles. The average Bonchev–Trinajstić information content (AvgIpc) is 2.69. The molecular weight excluding hydrogens is 320 g/mol. The summed E-state index contributed by atoms with van der Waals surface area (Å²) in [5.74, 6) is 1.48. The van der Waals surface area contributed by atoms with Gasteiger partial charge >= 0.3 is 0 Å². The van der Waals surface area contributed by atoms with E-state index in [1.807, 2.05) is 42.5 Å². The lowest BCUT2D eigenvalue weighted by atomic mass is 10.1. The fourth-order valence-electron chi connectivity index (χ4n) is 2.72. The number of rotatable bonds is 7. The van der Waals surface area contributed by atoms with Crippen molar-refractivity contribution in [1.29, 1.82) is 0 Å². The summed E-state index contributed by atoms with van der Waals surface area (Å²) < 4.78 is 0. The Morgan fingerprint density at radius 2 is 1.50 bits per heavy atom. The Labute approximate surface area is 155 Å². The lowest BCUT2D eigenvalue weighted by Crippen LogP contribution is -2.16. The molecule has 1 heterocycles. The summed E-state index contributed by atoms with van der Waals surface area (Å²) >= 11 is 0. The Morgan fingerprint density at radius 3 is 2.15 bits per heavy atom. The quantitative estimate of drug-likeness (QED) is 0.591. The molecule has 0 spiro atoms. The molecule has 26 heavy (non-hydrogen) atoms. The van der Waals surface area contributed by atoms with Crippen LogP contribution in [0.4, 0.5) is 11.8 Å². The van der Waals surface area contributed by atoms with Crippen LogP contribution in [0.15, 0.2) is 66.7 Å². The SMILES string of the molecule is CCC(C)Nc1cc(-c2ccccc2)nc(NC(C)c2ccccc2)n1. The maximum atomic E-state index is 4.74. The first-order valence-electron chi connectivity index (χ1n) is 9.18. The summed E-state index contributed by atoms with van der Waals surface area (Å²) in [5.41, 5.74) is 3.20. The lowest BCUT2D eigenvalue weighted by Gasteiger charge is -2.18. The summed E-state index contributed by atoms with van der Waals surface area (Å²) in [6.07, 6.45) is 1.04. The van der Waals surface area contributed by atoms with E-state index in [0.717, 1.165) is 23.5 Å². The maximum Gasteiger partial charge on any atom is 0.225 e. The van der Waals surface area contributed by atoms with Crippen molar-refractivity contribution in [2.75, 3.05) is 10.6 Å². The normalized spacial score (nSPS) is 13.0. The highest BCUT2D eigenvalue weighted by molar-refractivity contribution is 5.64. The first-order chi connectivity index (χ1) is 12.7. The van der Waals surface area contributed by atoms with Gasteiger partial charge in [-0.15, -0.1) is 0 Å². The molecule has 0 fully saturated rings. The molecule has 0 aliphatic rings. The van der Waals surface area contributed by atoms with Crippen LogP contribution in [0.1, 0.15) is 38.8 Å². The predicted molar refractivity (Wildman–Crippen MR) is 109 cm³/mol. The van der Waals surface area contributed by atoms with Crippen molar-refractivity contribution < 1.29 is 0 Å². The average molecular weight is 346 g/mol. The van der Waals surface area contributed by atoms with Crippen molar-refractivity contribution in [3.8, 4) is 11.3 Å². The first kappa shape index (κ1) is 17.9. The molecule has 2 atom stereocenters. The third kappa shape index (κ3) is 4.60. The van der Waals surface area contributed by atoms with Crippen molar-refractivity contribution in [2.24, 2.45) is 0 Å². The maximum absolute atomic E-state index is 4.74. The van der Waals surface area contributed by atoms with Crippen LogP contribution < -0.4 is 10.6 Å². The third-order valence-corrected chi connectivity index (χ3v) is 4.45. The Kier molecular flexibility index (Phi) is 5.84. The molecule has 0 amide bonds. The van der Waals surface area contributed by atoms with Crippen LogP contribution in [-0.4, -0.2) is 16.0 Å². The van der Waals surface area contributed by atoms with E-state index >= 15 is 0 Å². The summed E-state index contributed by atoms with van der Waals surface area (Å²) in [7, 11) is 0. The van der Waals surface area contributed by atoms with E-state index in [1.54, 1.807) is 0 Å². The molecule has 1 aromatic heterocycles. The Morgan fingerprint density at radius 1 is 0.846 bits per heavy atom. The molecule has 0 bridgehead atoms. The van der Waals surface area contributed by atoms with Crippen LogP contribution >= 0.6 is 0 Å². The van der Waals surface area contributed by atoms with Crippen molar-refractivity contribution in [3.05, 3.63) is 72.3 Å². The van der Waals surface area contributed by atoms with E-state index in [2.05, 4.69) is 60.7 Å². The van der Waals surface area contributed by atoms with Gasteiger partial charge in [-0.2, -0.15) is 4.98 Å². The minimum atomic E-state index is 0.124. The first-order valence-corrected chi connectivity index (χ1v) is 9.18. The van der Waals surface area contributed by atoms with Crippen molar-refractivity contribution >= 4 is 11.8 Å². The van der Waals surface area contributed by atoms with Crippen LogP contribution in [0.2, 0.25) is 0 Å². The highest BCUT2D eigenvalue weighted by Gasteiger charge is 2.11. The van der Waals surface area contributed by atoms with E-state index in [0.29, 0.717) is 12.0 Å². The van der Waals surface area contributed by atoms with Gasteiger partial charge in [-0.05, 0) is 25.8 Å². The summed E-state index contributed by atoms with van der Waals surface area (Å²) in [5, 5.41) is 6.90. The zero-order valence-electron chi connectivity index (χ0n) is 15.6. The minimum absolute atomic E-state index is 0.124. The number of hydrogen-bond donors (Lipinski definition) is 2. The summed E-state index contributed by atoms with van der Waals surface area (Å²) in [6, 6.07) is 23.0. The summed E-state index contributed by atoms with van der Waals surface area (Å²) in [6.45, 7) is 6.44. The largest absolute Gasteiger partial charge is 0.367 e. The molecule has 3 rings (SSSR count). The van der Waals surface area contributed by atoms with Gasteiger partial charge in [-0.25, -0.2) is 4.98 Å². The van der Waals surface area contributed by atoms with Crippen LogP contribution in [0, 0.1) is 0 Å². The van der Waals surface area contributed by atoms with Crippen LogP contribution in [-0.2, 0) is 0 Å².